The molecule has 1 fully saturated rings. The number of nitrogens with one attached hydrogen (secondary N) is 2. The number of likely N-dealkylation sites (tertiary alicyclic amines) is 1. The molecule has 2 aliphatic heterocycles. The summed E-state index contributed by atoms with van der Waals surface area (Å²) in [4.78, 5) is 28.0. The Balaban J connectivity index is 1.66. The van der Waals surface area contributed by atoms with E-state index < -0.39 is 48.0 Å². The highest BCUT2D eigenvalue weighted by Crippen LogP contribution is 2.33. The van der Waals surface area contributed by atoms with Crippen molar-refractivity contribution < 1.29 is 38.1 Å². The summed E-state index contributed by atoms with van der Waals surface area (Å²) in [5.74, 6) is -4.13. The van der Waals surface area contributed by atoms with Crippen LogP contribution >= 0.6 is 0 Å². The van der Waals surface area contributed by atoms with Crippen LogP contribution in [-0.4, -0.2) is 82.7 Å². The molecule has 0 aromatic heterocycles. The number of methoxy groups -OCH3 is 1. The number of ether oxygens (including phenoxy) is 2. The van der Waals surface area contributed by atoms with Gasteiger partial charge >= 0.3 is 0 Å². The molecule has 10 nitrogen and oxygen atoms in total. The Morgan fingerprint density at radius 3 is 2.79 bits per heavy atom. The van der Waals surface area contributed by atoms with Gasteiger partial charge in [0.2, 0.25) is 11.6 Å². The van der Waals surface area contributed by atoms with E-state index in [-0.39, 0.29) is 42.9 Å². The molecule has 2 aliphatic rings. The number of amides is 2. The number of nitrogens with zero attached hydrogens (tertiary/aromatic N) is 2. The summed E-state index contributed by atoms with van der Waals surface area (Å²) in [5, 5.41) is 29.0. The topological polar surface area (TPSA) is 135 Å². The van der Waals surface area contributed by atoms with Crippen molar-refractivity contribution in [3.63, 3.8) is 0 Å². The molecular formula is C22H26F2N4O6. The minimum atomic E-state index is -1.05. The summed E-state index contributed by atoms with van der Waals surface area (Å²) in [6.07, 6.45) is 3.06. The summed E-state index contributed by atoms with van der Waals surface area (Å²) in [5.41, 5.74) is 0. The lowest BCUT2D eigenvalue weighted by Crippen LogP contribution is -2.44. The van der Waals surface area contributed by atoms with E-state index in [2.05, 4.69) is 5.32 Å². The maximum atomic E-state index is 14.4. The molecule has 4 N–H and O–H groups in total. The van der Waals surface area contributed by atoms with Crippen LogP contribution in [0.1, 0.15) is 13.3 Å². The summed E-state index contributed by atoms with van der Waals surface area (Å²) < 4.78 is 38.6. The van der Waals surface area contributed by atoms with Crippen molar-refractivity contribution in [1.29, 1.82) is 5.41 Å². The van der Waals surface area contributed by atoms with Gasteiger partial charge in [-0.05, 0) is 31.6 Å². The van der Waals surface area contributed by atoms with Crippen LogP contribution < -0.4 is 14.8 Å². The van der Waals surface area contributed by atoms with Gasteiger partial charge in [0.1, 0.15) is 17.6 Å². The Hall–Kier alpha value is -3.51. The fourth-order valence-corrected chi connectivity index (χ4v) is 3.74. The van der Waals surface area contributed by atoms with Crippen LogP contribution in [0.5, 0.6) is 11.5 Å². The van der Waals surface area contributed by atoms with Crippen LogP contribution in [0.15, 0.2) is 36.2 Å². The predicted molar refractivity (Wildman–Crippen MR) is 116 cm³/mol. The summed E-state index contributed by atoms with van der Waals surface area (Å²) in [6.45, 7) is 1.21. The highest BCUT2D eigenvalue weighted by Gasteiger charge is 2.45. The van der Waals surface area contributed by atoms with Gasteiger partial charge in [-0.25, -0.2) is 4.39 Å². The largest absolute Gasteiger partial charge is 0.494 e. The average Bonchev–Trinajstić information content (AvgIpc) is 3.31. The van der Waals surface area contributed by atoms with Gasteiger partial charge in [-0.15, -0.1) is 0 Å². The summed E-state index contributed by atoms with van der Waals surface area (Å²) in [7, 11) is 1.22. The second-order valence-corrected chi connectivity index (χ2v) is 7.84. The molecule has 0 saturated carbocycles. The monoisotopic (exact) mass is 480 g/mol. The molecule has 34 heavy (non-hydrogen) atoms. The van der Waals surface area contributed by atoms with Crippen molar-refractivity contribution in [1.82, 2.24) is 15.1 Å². The van der Waals surface area contributed by atoms with Crippen LogP contribution in [0.25, 0.3) is 0 Å². The molecule has 184 valence electrons. The molecule has 1 aromatic carbocycles. The van der Waals surface area contributed by atoms with Crippen LogP contribution in [0.3, 0.4) is 0 Å². The van der Waals surface area contributed by atoms with Crippen molar-refractivity contribution in [2.45, 2.75) is 31.5 Å². The lowest BCUT2D eigenvalue weighted by Gasteiger charge is -2.23. The molecule has 2 amide bonds. The van der Waals surface area contributed by atoms with Crippen molar-refractivity contribution in [3.05, 3.63) is 47.9 Å². The van der Waals surface area contributed by atoms with E-state index >= 15 is 0 Å². The Morgan fingerprint density at radius 1 is 1.38 bits per heavy atom. The highest BCUT2D eigenvalue weighted by molar-refractivity contribution is 6.07. The second kappa shape index (κ2) is 10.6. The smallest absolute Gasteiger partial charge is 0.251 e. The van der Waals surface area contributed by atoms with Crippen LogP contribution in [0.2, 0.25) is 0 Å². The predicted octanol–water partition coefficient (Wildman–Crippen LogP) is 0.501. The van der Waals surface area contributed by atoms with Crippen LogP contribution in [-0.2, 0) is 9.59 Å². The number of aliphatic hydroxyl groups excluding tert-OH is 2. The number of carbonyl (C=O) groups is 2. The maximum absolute atomic E-state index is 14.4. The molecule has 0 radical (unpaired) electrons. The average molecular weight is 480 g/mol. The minimum Gasteiger partial charge on any atom is -0.494 e. The van der Waals surface area contributed by atoms with E-state index in [1.165, 1.54) is 29.2 Å². The zero-order chi connectivity index (χ0) is 25.0. The first-order valence-corrected chi connectivity index (χ1v) is 10.5. The van der Waals surface area contributed by atoms with Gasteiger partial charge in [0, 0.05) is 24.9 Å². The molecule has 12 heteroatoms. The maximum Gasteiger partial charge on any atom is 0.251 e. The Kier molecular flexibility index (Phi) is 7.84. The Bertz CT molecular complexity index is 1030. The number of aliphatic hydroxyl groups is 2. The van der Waals surface area contributed by atoms with Crippen LogP contribution in [0, 0.1) is 17.0 Å². The molecule has 0 bridgehead atoms. The van der Waals surface area contributed by atoms with Gasteiger partial charge in [0.15, 0.2) is 11.6 Å². The third-order valence-electron chi connectivity index (χ3n) is 5.45. The fraction of sp³-hybridized carbons (Fsp3) is 0.409. The first-order valence-electron chi connectivity index (χ1n) is 10.5. The standard InChI is InChI=1S/C22H26F2N4O6/c1-12-7-16(22(32)28(12)18(25)5-6-26-9-13(30)11-29)27-10-14(8-19(27)31)34-21-15(23)3-4-17(33-2)20(21)24/h3-6,8,12-13,16,25-26,29-30H,7,9-11H2,1-2H3/b6-5-,25-18?/t12?,13-,16+/m1/s1. The zero-order valence-corrected chi connectivity index (χ0v) is 18.6. The number of amidine groups is 1. The van der Waals surface area contributed by atoms with E-state index in [0.717, 1.165) is 18.2 Å². The number of benzene rings is 1. The number of rotatable bonds is 9. The second-order valence-electron chi connectivity index (χ2n) is 7.84. The van der Waals surface area contributed by atoms with Gasteiger partial charge < -0.3 is 29.9 Å². The normalized spacial score (nSPS) is 21.3. The molecule has 1 aromatic rings. The SMILES string of the molecule is COc1ccc(F)c(OC2=CC(=O)N([C@H]3CC(C)N(C(=N)/C=C\NC[C@@H](O)CO)C3=O)C2)c1F. The molecule has 3 atom stereocenters. The van der Waals surface area contributed by atoms with Crippen molar-refractivity contribution in [2.75, 3.05) is 26.8 Å². The Morgan fingerprint density at radius 2 is 2.12 bits per heavy atom. The number of hydrogen-bond acceptors (Lipinski definition) is 8. The zero-order valence-electron chi connectivity index (χ0n) is 18.6. The lowest BCUT2D eigenvalue weighted by molar-refractivity contribution is -0.136. The van der Waals surface area contributed by atoms with Crippen molar-refractivity contribution in [3.8, 4) is 11.5 Å². The summed E-state index contributed by atoms with van der Waals surface area (Å²) >= 11 is 0. The molecule has 0 spiro atoms. The van der Waals surface area contributed by atoms with Gasteiger partial charge in [-0.3, -0.25) is 19.9 Å². The molecule has 3 rings (SSSR count). The molecule has 1 unspecified atom stereocenters. The molecule has 0 aliphatic carbocycles. The van der Waals surface area contributed by atoms with Gasteiger partial charge in [-0.2, -0.15) is 4.39 Å². The first kappa shape index (κ1) is 25.1. The first-order chi connectivity index (χ1) is 16.2. The van der Waals surface area contributed by atoms with Gasteiger partial charge in [-0.1, -0.05) is 0 Å². The van der Waals surface area contributed by atoms with E-state index in [1.807, 2.05) is 0 Å². The molecule has 1 saturated heterocycles. The quantitative estimate of drug-likeness (QED) is 0.299. The number of halogens is 2. The molecular weight excluding hydrogens is 454 g/mol. The highest BCUT2D eigenvalue weighted by atomic mass is 19.1. The third kappa shape index (κ3) is 5.18. The summed E-state index contributed by atoms with van der Waals surface area (Å²) in [6, 6.07) is 0.825. The van der Waals surface area contributed by atoms with Gasteiger partial charge in [0.05, 0.1) is 26.4 Å². The number of carbonyl (C=O) groups excluding carboxylic acids is 2. The van der Waals surface area contributed by atoms with E-state index in [9.17, 15) is 23.5 Å². The third-order valence-corrected chi connectivity index (χ3v) is 5.45. The van der Waals surface area contributed by atoms with E-state index in [0.29, 0.717) is 0 Å². The van der Waals surface area contributed by atoms with E-state index in [1.54, 1.807) is 6.92 Å². The van der Waals surface area contributed by atoms with Gasteiger partial charge in [0.25, 0.3) is 11.8 Å². The number of hydrogen-bond donors (Lipinski definition) is 4. The minimum absolute atomic E-state index is 0.0310. The fourth-order valence-electron chi connectivity index (χ4n) is 3.74. The van der Waals surface area contributed by atoms with Crippen LogP contribution in [0.4, 0.5) is 8.78 Å². The van der Waals surface area contributed by atoms with Crippen molar-refractivity contribution >= 4 is 17.6 Å². The van der Waals surface area contributed by atoms with E-state index in [4.69, 9.17) is 20.0 Å². The lowest BCUT2D eigenvalue weighted by atomic mass is 10.1. The molecule has 2 heterocycles. The Labute approximate surface area is 194 Å². The van der Waals surface area contributed by atoms with Crippen molar-refractivity contribution in [2.24, 2.45) is 0 Å².